The second-order valence-corrected chi connectivity index (χ2v) is 5.55. The smallest absolute Gasteiger partial charge is 0.257 e. The Morgan fingerprint density at radius 3 is 2.65 bits per heavy atom. The molecule has 1 aliphatic rings. The Balaban J connectivity index is 1.94. The summed E-state index contributed by atoms with van der Waals surface area (Å²) in [5.74, 6) is -0.449. The van der Waals surface area contributed by atoms with E-state index in [-0.39, 0.29) is 29.1 Å². The van der Waals surface area contributed by atoms with E-state index in [1.165, 1.54) is 18.2 Å². The third-order valence-corrected chi connectivity index (χ3v) is 3.70. The van der Waals surface area contributed by atoms with Gasteiger partial charge in [-0.05, 0) is 25.0 Å². The number of hydrogen-bond acceptors (Lipinski definition) is 4. The van der Waals surface area contributed by atoms with Crippen LogP contribution in [-0.4, -0.2) is 52.2 Å². The number of phenolic OH excluding ortho intramolecular Hbond substituents is 2. The van der Waals surface area contributed by atoms with Crippen LogP contribution in [0.25, 0.3) is 0 Å². The number of piperidine rings is 1. The van der Waals surface area contributed by atoms with E-state index in [0.29, 0.717) is 19.7 Å². The summed E-state index contributed by atoms with van der Waals surface area (Å²) in [7, 11) is 0. The van der Waals surface area contributed by atoms with Crippen molar-refractivity contribution in [1.82, 2.24) is 4.90 Å². The fraction of sp³-hybridized carbons (Fsp3) is 0.500. The van der Waals surface area contributed by atoms with E-state index in [1.54, 1.807) is 4.90 Å². The molecule has 110 valence electrons. The van der Waals surface area contributed by atoms with E-state index >= 15 is 0 Å². The molecule has 2 rings (SSSR count). The summed E-state index contributed by atoms with van der Waals surface area (Å²) in [6.45, 7) is 1.91. The molecule has 20 heavy (non-hydrogen) atoms. The van der Waals surface area contributed by atoms with Gasteiger partial charge >= 0.3 is 0 Å². The van der Waals surface area contributed by atoms with Crippen molar-refractivity contribution in [2.75, 3.05) is 25.0 Å². The standard InChI is InChI=1S/C14H18BrNO4/c15-5-8-20-11-3-6-16(7-4-11)14(19)12-2-1-10(17)9-13(12)18/h1-2,9,11,17-18H,3-8H2. The Bertz CT molecular complexity index is 472. The van der Waals surface area contributed by atoms with Crippen molar-refractivity contribution in [1.29, 1.82) is 0 Å². The Morgan fingerprint density at radius 1 is 1.35 bits per heavy atom. The molecule has 1 aliphatic heterocycles. The minimum atomic E-state index is -0.207. The number of carbonyl (C=O) groups excluding carboxylic acids is 1. The van der Waals surface area contributed by atoms with Gasteiger partial charge < -0.3 is 19.8 Å². The molecule has 1 aromatic rings. The van der Waals surface area contributed by atoms with Crippen LogP contribution in [0.15, 0.2) is 18.2 Å². The van der Waals surface area contributed by atoms with Crippen LogP contribution < -0.4 is 0 Å². The fourth-order valence-electron chi connectivity index (χ4n) is 2.31. The van der Waals surface area contributed by atoms with Crippen molar-refractivity contribution in [2.24, 2.45) is 0 Å². The number of ether oxygens (including phenoxy) is 1. The van der Waals surface area contributed by atoms with Gasteiger partial charge in [-0.2, -0.15) is 0 Å². The molecule has 1 saturated heterocycles. The maximum absolute atomic E-state index is 12.3. The maximum atomic E-state index is 12.3. The number of alkyl halides is 1. The van der Waals surface area contributed by atoms with Gasteiger partial charge in [0.15, 0.2) is 0 Å². The number of hydrogen-bond donors (Lipinski definition) is 2. The van der Waals surface area contributed by atoms with Crippen LogP contribution in [-0.2, 0) is 4.74 Å². The summed E-state index contributed by atoms with van der Waals surface area (Å²) in [6, 6.07) is 4.03. The van der Waals surface area contributed by atoms with Crippen molar-refractivity contribution in [2.45, 2.75) is 18.9 Å². The van der Waals surface area contributed by atoms with Crippen molar-refractivity contribution in [3.8, 4) is 11.5 Å². The zero-order valence-electron chi connectivity index (χ0n) is 11.1. The summed E-state index contributed by atoms with van der Waals surface area (Å²) in [6.07, 6.45) is 1.81. The molecule has 6 heteroatoms. The van der Waals surface area contributed by atoms with E-state index in [0.717, 1.165) is 18.2 Å². The second-order valence-electron chi connectivity index (χ2n) is 4.75. The predicted molar refractivity (Wildman–Crippen MR) is 78.4 cm³/mol. The van der Waals surface area contributed by atoms with E-state index in [4.69, 9.17) is 4.74 Å². The molecule has 1 amide bonds. The Labute approximate surface area is 126 Å². The highest BCUT2D eigenvalue weighted by atomic mass is 79.9. The number of nitrogens with zero attached hydrogens (tertiary/aromatic N) is 1. The fourth-order valence-corrected chi connectivity index (χ4v) is 2.49. The monoisotopic (exact) mass is 343 g/mol. The van der Waals surface area contributed by atoms with Crippen LogP contribution >= 0.6 is 15.9 Å². The van der Waals surface area contributed by atoms with Crippen molar-refractivity contribution in [3.05, 3.63) is 23.8 Å². The first-order valence-corrected chi connectivity index (χ1v) is 7.73. The molecule has 0 saturated carbocycles. The van der Waals surface area contributed by atoms with Gasteiger partial charge in [-0.25, -0.2) is 0 Å². The maximum Gasteiger partial charge on any atom is 0.257 e. The summed E-state index contributed by atoms with van der Waals surface area (Å²) in [5.41, 5.74) is 0.225. The summed E-state index contributed by atoms with van der Waals surface area (Å²) < 4.78 is 5.64. The number of phenols is 2. The molecule has 2 N–H and O–H groups in total. The normalized spacial score (nSPS) is 16.4. The van der Waals surface area contributed by atoms with Crippen LogP contribution in [0.2, 0.25) is 0 Å². The SMILES string of the molecule is O=C(c1ccc(O)cc1O)N1CCC(OCCBr)CC1. The van der Waals surface area contributed by atoms with E-state index in [1.807, 2.05) is 0 Å². The van der Waals surface area contributed by atoms with Crippen LogP contribution in [0.3, 0.4) is 0 Å². The Hall–Kier alpha value is -1.27. The predicted octanol–water partition coefficient (Wildman–Crippen LogP) is 2.11. The number of amides is 1. The molecule has 5 nitrogen and oxygen atoms in total. The third kappa shape index (κ3) is 3.64. The molecule has 0 spiro atoms. The molecule has 0 bridgehead atoms. The number of benzene rings is 1. The Kier molecular flexibility index (Phi) is 5.25. The van der Waals surface area contributed by atoms with Gasteiger partial charge in [0.25, 0.3) is 5.91 Å². The van der Waals surface area contributed by atoms with Gasteiger partial charge in [-0.1, -0.05) is 15.9 Å². The lowest BCUT2D eigenvalue weighted by Gasteiger charge is -2.32. The molecule has 0 radical (unpaired) electrons. The minimum absolute atomic E-state index is 0.0547. The van der Waals surface area contributed by atoms with Gasteiger partial charge in [-0.3, -0.25) is 4.79 Å². The molecule has 1 heterocycles. The first-order valence-electron chi connectivity index (χ1n) is 6.60. The van der Waals surface area contributed by atoms with Gasteiger partial charge in [0.05, 0.1) is 18.3 Å². The van der Waals surface area contributed by atoms with E-state index in [2.05, 4.69) is 15.9 Å². The highest BCUT2D eigenvalue weighted by molar-refractivity contribution is 9.09. The molecule has 0 aliphatic carbocycles. The number of rotatable bonds is 4. The summed E-state index contributed by atoms with van der Waals surface area (Å²) in [4.78, 5) is 14.0. The number of carbonyl (C=O) groups is 1. The number of aromatic hydroxyl groups is 2. The topological polar surface area (TPSA) is 70.0 Å². The molecular formula is C14H18BrNO4. The molecule has 1 aromatic carbocycles. The number of likely N-dealkylation sites (tertiary alicyclic amines) is 1. The lowest BCUT2D eigenvalue weighted by atomic mass is 10.1. The zero-order chi connectivity index (χ0) is 14.5. The zero-order valence-corrected chi connectivity index (χ0v) is 12.7. The molecule has 1 fully saturated rings. The first-order chi connectivity index (χ1) is 9.61. The molecular weight excluding hydrogens is 326 g/mol. The largest absolute Gasteiger partial charge is 0.508 e. The van der Waals surface area contributed by atoms with Crippen LogP contribution in [0, 0.1) is 0 Å². The highest BCUT2D eigenvalue weighted by Crippen LogP contribution is 2.25. The van der Waals surface area contributed by atoms with E-state index in [9.17, 15) is 15.0 Å². The van der Waals surface area contributed by atoms with Crippen LogP contribution in [0.1, 0.15) is 23.2 Å². The summed E-state index contributed by atoms with van der Waals surface area (Å²) in [5, 5.41) is 19.8. The van der Waals surface area contributed by atoms with Crippen molar-refractivity contribution < 1.29 is 19.7 Å². The first kappa shape index (κ1) is 15.1. The highest BCUT2D eigenvalue weighted by Gasteiger charge is 2.25. The Morgan fingerprint density at radius 2 is 2.05 bits per heavy atom. The third-order valence-electron chi connectivity index (χ3n) is 3.37. The molecule has 0 aromatic heterocycles. The van der Waals surface area contributed by atoms with Crippen LogP contribution in [0.5, 0.6) is 11.5 Å². The van der Waals surface area contributed by atoms with Gasteiger partial charge in [0.1, 0.15) is 11.5 Å². The van der Waals surface area contributed by atoms with Gasteiger partial charge in [0.2, 0.25) is 0 Å². The average molecular weight is 344 g/mol. The van der Waals surface area contributed by atoms with E-state index < -0.39 is 0 Å². The lowest BCUT2D eigenvalue weighted by Crippen LogP contribution is -2.41. The molecule has 0 unspecified atom stereocenters. The van der Waals surface area contributed by atoms with Gasteiger partial charge in [0, 0.05) is 24.5 Å². The lowest BCUT2D eigenvalue weighted by molar-refractivity contribution is 0.0159. The van der Waals surface area contributed by atoms with Crippen molar-refractivity contribution >= 4 is 21.8 Å². The average Bonchev–Trinajstić information content (AvgIpc) is 2.45. The van der Waals surface area contributed by atoms with Gasteiger partial charge in [-0.15, -0.1) is 0 Å². The second kappa shape index (κ2) is 6.95. The van der Waals surface area contributed by atoms with Crippen LogP contribution in [0.4, 0.5) is 0 Å². The number of halogens is 1. The summed E-state index contributed by atoms with van der Waals surface area (Å²) >= 11 is 3.32. The van der Waals surface area contributed by atoms with Crippen molar-refractivity contribution in [3.63, 3.8) is 0 Å². The molecule has 0 atom stereocenters. The quantitative estimate of drug-likeness (QED) is 0.821. The minimum Gasteiger partial charge on any atom is -0.508 e.